The molecule has 0 saturated carbocycles. The number of aliphatic hydroxyl groups is 1. The highest BCUT2D eigenvalue weighted by Crippen LogP contribution is 2.36. The monoisotopic (exact) mass is 564 g/mol. The molecule has 212 valence electrons. The van der Waals surface area contributed by atoms with Gasteiger partial charge < -0.3 is 14.7 Å². The van der Waals surface area contributed by atoms with Crippen LogP contribution in [0.1, 0.15) is 73.7 Å². The first-order chi connectivity index (χ1) is 19.1. The lowest BCUT2D eigenvalue weighted by Gasteiger charge is -2.34. The molecule has 1 aromatic carbocycles. The number of aliphatic hydroxyl groups excluding tert-OH is 1. The van der Waals surface area contributed by atoms with E-state index in [1.807, 2.05) is 64.1 Å². The van der Waals surface area contributed by atoms with Gasteiger partial charge in [-0.05, 0) is 82.3 Å². The van der Waals surface area contributed by atoms with Crippen molar-refractivity contribution in [1.82, 2.24) is 19.8 Å². The largest absolute Gasteiger partial charge is 0.444 e. The van der Waals surface area contributed by atoms with Gasteiger partial charge in [-0.2, -0.15) is 0 Å². The maximum Gasteiger partial charge on any atom is 0.410 e. The fourth-order valence-corrected chi connectivity index (χ4v) is 5.20. The summed E-state index contributed by atoms with van der Waals surface area (Å²) in [5.74, 6) is -0.0473. The lowest BCUT2D eigenvalue weighted by Crippen LogP contribution is -2.47. The topological polar surface area (TPSA) is 95.9 Å². The summed E-state index contributed by atoms with van der Waals surface area (Å²) < 4.78 is 5.75. The van der Waals surface area contributed by atoms with Crippen LogP contribution in [-0.2, 0) is 17.7 Å². The lowest BCUT2D eigenvalue weighted by molar-refractivity contribution is -0.00458. The third kappa shape index (κ3) is 7.37. The third-order valence-corrected chi connectivity index (χ3v) is 7.27. The van der Waals surface area contributed by atoms with Crippen LogP contribution in [0.25, 0.3) is 0 Å². The molecule has 40 heavy (non-hydrogen) atoms. The zero-order valence-electron chi connectivity index (χ0n) is 23.5. The fraction of sp³-hybridized carbons (Fsp3) is 0.419. The number of hydrogen-bond acceptors (Lipinski definition) is 6. The van der Waals surface area contributed by atoms with Crippen molar-refractivity contribution in [2.75, 3.05) is 6.54 Å². The quantitative estimate of drug-likeness (QED) is 0.345. The van der Waals surface area contributed by atoms with E-state index in [1.165, 1.54) is 6.20 Å². The van der Waals surface area contributed by atoms with Crippen LogP contribution >= 0.6 is 11.6 Å². The molecule has 1 fully saturated rings. The number of carbonyl (C=O) groups is 2. The number of likely N-dealkylation sites (tertiary alicyclic amines) is 1. The molecule has 1 saturated heterocycles. The Morgan fingerprint density at radius 1 is 1.10 bits per heavy atom. The molecule has 3 aromatic rings. The van der Waals surface area contributed by atoms with Crippen molar-refractivity contribution in [2.45, 2.75) is 77.3 Å². The number of amides is 2. The van der Waals surface area contributed by atoms with Crippen molar-refractivity contribution < 1.29 is 19.4 Å². The van der Waals surface area contributed by atoms with E-state index in [4.69, 9.17) is 16.3 Å². The molecule has 2 amide bonds. The van der Waals surface area contributed by atoms with Crippen molar-refractivity contribution in [2.24, 2.45) is 0 Å². The highest BCUT2D eigenvalue weighted by molar-refractivity contribution is 6.29. The fourth-order valence-electron chi connectivity index (χ4n) is 5.08. The van der Waals surface area contributed by atoms with Gasteiger partial charge in [-0.15, -0.1) is 0 Å². The Bertz CT molecular complexity index is 1280. The van der Waals surface area contributed by atoms with E-state index < -0.39 is 23.8 Å². The van der Waals surface area contributed by atoms with Gasteiger partial charge >= 0.3 is 6.09 Å². The zero-order chi connectivity index (χ0) is 28.9. The molecule has 2 aromatic heterocycles. The molecular formula is C31H37ClN4O4. The van der Waals surface area contributed by atoms with Crippen molar-refractivity contribution in [3.05, 3.63) is 94.5 Å². The van der Waals surface area contributed by atoms with Gasteiger partial charge in [0.2, 0.25) is 0 Å². The Morgan fingerprint density at radius 2 is 1.85 bits per heavy atom. The molecule has 4 rings (SSSR count). The second kappa shape index (κ2) is 12.8. The Morgan fingerprint density at radius 3 is 2.45 bits per heavy atom. The number of halogens is 1. The molecular weight excluding hydrogens is 528 g/mol. The minimum Gasteiger partial charge on any atom is -0.444 e. The van der Waals surface area contributed by atoms with Crippen LogP contribution < -0.4 is 0 Å². The minimum atomic E-state index is -0.929. The number of hydrogen-bond donors (Lipinski definition) is 1. The Labute approximate surface area is 241 Å². The van der Waals surface area contributed by atoms with Gasteiger partial charge in [-0.3, -0.25) is 14.7 Å². The summed E-state index contributed by atoms with van der Waals surface area (Å²) >= 11 is 5.93. The summed E-state index contributed by atoms with van der Waals surface area (Å²) in [5, 5.41) is 11.6. The SMILES string of the molecule is CCN(Cc1cccnc1)C(=O)c1ccc(C[C@@H]2CC[C@H]([C@H](O)c3ccc(Cl)nc3)N2C(=O)OC(C)(C)C)cc1. The average molecular weight is 565 g/mol. The second-order valence-electron chi connectivity index (χ2n) is 11.1. The molecule has 1 N–H and O–H groups in total. The molecule has 8 nitrogen and oxygen atoms in total. The molecule has 3 heterocycles. The van der Waals surface area contributed by atoms with Crippen LogP contribution in [0.15, 0.2) is 67.1 Å². The predicted octanol–water partition coefficient (Wildman–Crippen LogP) is 5.84. The summed E-state index contributed by atoms with van der Waals surface area (Å²) in [4.78, 5) is 38.2. The molecule has 9 heteroatoms. The van der Waals surface area contributed by atoms with Crippen LogP contribution in [0, 0.1) is 0 Å². The molecule has 0 unspecified atom stereocenters. The van der Waals surface area contributed by atoms with Crippen molar-refractivity contribution >= 4 is 23.6 Å². The summed E-state index contributed by atoms with van der Waals surface area (Å²) in [7, 11) is 0. The van der Waals surface area contributed by atoms with Crippen molar-refractivity contribution in [3.8, 4) is 0 Å². The number of carbonyl (C=O) groups excluding carboxylic acids is 2. The van der Waals surface area contributed by atoms with Gasteiger partial charge in [0.05, 0.1) is 6.04 Å². The number of pyridine rings is 2. The Kier molecular flexibility index (Phi) is 9.43. The molecule has 0 radical (unpaired) electrons. The van der Waals surface area contributed by atoms with Gasteiger partial charge in [0.1, 0.15) is 16.9 Å². The number of aromatic nitrogens is 2. The molecule has 0 bridgehead atoms. The minimum absolute atomic E-state index is 0.0473. The van der Waals surface area contributed by atoms with E-state index in [2.05, 4.69) is 9.97 Å². The number of benzene rings is 1. The number of ether oxygens (including phenoxy) is 1. The third-order valence-electron chi connectivity index (χ3n) is 7.04. The first kappa shape index (κ1) is 29.5. The van der Waals surface area contributed by atoms with E-state index in [1.54, 1.807) is 34.3 Å². The first-order valence-electron chi connectivity index (χ1n) is 13.6. The smallest absolute Gasteiger partial charge is 0.410 e. The zero-order valence-corrected chi connectivity index (χ0v) is 24.2. The van der Waals surface area contributed by atoms with Gasteiger partial charge in [-0.25, -0.2) is 9.78 Å². The molecule has 3 atom stereocenters. The van der Waals surface area contributed by atoms with Crippen LogP contribution in [0.3, 0.4) is 0 Å². The Balaban J connectivity index is 1.49. The van der Waals surface area contributed by atoms with E-state index >= 15 is 0 Å². The van der Waals surface area contributed by atoms with Crippen LogP contribution in [0.4, 0.5) is 4.79 Å². The molecule has 1 aliphatic heterocycles. The van der Waals surface area contributed by atoms with Crippen LogP contribution in [0.5, 0.6) is 0 Å². The first-order valence-corrected chi connectivity index (χ1v) is 14.0. The maximum atomic E-state index is 13.4. The summed E-state index contributed by atoms with van der Waals surface area (Å²) in [6.45, 7) is 8.51. The molecule has 1 aliphatic rings. The van der Waals surface area contributed by atoms with Crippen LogP contribution in [-0.4, -0.2) is 61.1 Å². The average Bonchev–Trinajstić information content (AvgIpc) is 3.35. The molecule has 0 spiro atoms. The second-order valence-corrected chi connectivity index (χ2v) is 11.5. The predicted molar refractivity (Wildman–Crippen MR) is 154 cm³/mol. The number of rotatable bonds is 8. The van der Waals surface area contributed by atoms with Gasteiger partial charge in [0.25, 0.3) is 5.91 Å². The number of nitrogens with zero attached hydrogens (tertiary/aromatic N) is 4. The van der Waals surface area contributed by atoms with Gasteiger partial charge in [-0.1, -0.05) is 35.9 Å². The summed E-state index contributed by atoms with van der Waals surface area (Å²) in [6.07, 6.45) is 5.53. The summed E-state index contributed by atoms with van der Waals surface area (Å²) in [5.41, 5.74) is 2.49. The highest BCUT2D eigenvalue weighted by Gasteiger charge is 2.43. The Hall–Kier alpha value is -3.49. The van der Waals surface area contributed by atoms with E-state index in [-0.39, 0.29) is 11.9 Å². The van der Waals surface area contributed by atoms with E-state index in [9.17, 15) is 14.7 Å². The standard InChI is InChI=1S/C31H37ClN4O4/c1-5-35(20-22-7-6-16-33-18-22)29(38)23-10-8-21(9-11-23)17-25-13-14-26(36(25)30(39)40-31(2,3)4)28(37)24-12-15-27(32)34-19-24/h6-12,15-16,18-19,25-26,28,37H,5,13-14,17,20H2,1-4H3/t25-,26+,28+/m0/s1. The van der Waals surface area contributed by atoms with Gasteiger partial charge in [0.15, 0.2) is 0 Å². The van der Waals surface area contributed by atoms with Crippen LogP contribution in [0.2, 0.25) is 5.15 Å². The van der Waals surface area contributed by atoms with E-state index in [0.29, 0.717) is 48.6 Å². The van der Waals surface area contributed by atoms with Crippen molar-refractivity contribution in [1.29, 1.82) is 0 Å². The van der Waals surface area contributed by atoms with Crippen molar-refractivity contribution in [3.63, 3.8) is 0 Å². The van der Waals surface area contributed by atoms with Gasteiger partial charge in [0, 0.05) is 48.8 Å². The van der Waals surface area contributed by atoms with E-state index in [0.717, 1.165) is 11.1 Å². The lowest BCUT2D eigenvalue weighted by atomic mass is 10.0. The normalized spacial score (nSPS) is 17.9. The highest BCUT2D eigenvalue weighted by atomic mass is 35.5. The maximum absolute atomic E-state index is 13.4. The summed E-state index contributed by atoms with van der Waals surface area (Å²) in [6, 6.07) is 14.1. The molecule has 0 aliphatic carbocycles.